The van der Waals surface area contributed by atoms with Crippen LogP contribution >= 0.6 is 0 Å². The quantitative estimate of drug-likeness (QED) is 0.903. The largest absolute Gasteiger partial charge is 0.457 e. The Morgan fingerprint density at radius 1 is 1.06 bits per heavy atom. The first-order chi connectivity index (χ1) is 8.58. The lowest BCUT2D eigenvalue weighted by atomic mass is 10.1. The Kier molecular flexibility index (Phi) is 3.58. The van der Waals surface area contributed by atoms with E-state index in [1.807, 2.05) is 19.1 Å². The maximum Gasteiger partial charge on any atom is 0.133 e. The van der Waals surface area contributed by atoms with Gasteiger partial charge in [-0.1, -0.05) is 12.1 Å². The standard InChI is InChI=1S/C14H13F2NO/c1-9-2-3-10(8-17)14(4-9)18-13-6-11(15)5-12(16)7-13/h2-7H,8,17H2,1H3. The van der Waals surface area contributed by atoms with Crippen molar-refractivity contribution >= 4 is 0 Å². The second-order valence-corrected chi connectivity index (χ2v) is 4.02. The monoisotopic (exact) mass is 249 g/mol. The number of rotatable bonds is 3. The molecule has 0 bridgehead atoms. The fourth-order valence-electron chi connectivity index (χ4n) is 1.64. The molecule has 0 radical (unpaired) electrons. The van der Waals surface area contributed by atoms with Gasteiger partial charge in [0.2, 0.25) is 0 Å². The van der Waals surface area contributed by atoms with Crippen LogP contribution in [0.3, 0.4) is 0 Å². The van der Waals surface area contributed by atoms with Crippen molar-refractivity contribution in [1.29, 1.82) is 0 Å². The molecular weight excluding hydrogens is 236 g/mol. The van der Waals surface area contributed by atoms with Gasteiger partial charge in [-0.15, -0.1) is 0 Å². The van der Waals surface area contributed by atoms with Crippen molar-refractivity contribution in [3.8, 4) is 11.5 Å². The van der Waals surface area contributed by atoms with Crippen molar-refractivity contribution in [2.24, 2.45) is 5.73 Å². The highest BCUT2D eigenvalue weighted by Crippen LogP contribution is 2.27. The second kappa shape index (κ2) is 5.14. The fourth-order valence-corrected chi connectivity index (χ4v) is 1.64. The highest BCUT2D eigenvalue weighted by atomic mass is 19.1. The molecule has 2 rings (SSSR count). The number of benzene rings is 2. The molecule has 0 saturated carbocycles. The molecule has 0 atom stereocenters. The summed E-state index contributed by atoms with van der Waals surface area (Å²) in [5.41, 5.74) is 7.35. The van der Waals surface area contributed by atoms with Crippen LogP contribution in [-0.4, -0.2) is 0 Å². The summed E-state index contributed by atoms with van der Waals surface area (Å²) >= 11 is 0. The van der Waals surface area contributed by atoms with Crippen LogP contribution in [0.15, 0.2) is 36.4 Å². The summed E-state index contributed by atoms with van der Waals surface area (Å²) in [6, 6.07) is 8.58. The van der Waals surface area contributed by atoms with Gasteiger partial charge in [0.25, 0.3) is 0 Å². The molecule has 0 heterocycles. The van der Waals surface area contributed by atoms with E-state index in [1.54, 1.807) is 6.07 Å². The van der Waals surface area contributed by atoms with E-state index < -0.39 is 11.6 Å². The third-order valence-corrected chi connectivity index (χ3v) is 2.51. The lowest BCUT2D eigenvalue weighted by Gasteiger charge is -2.11. The molecule has 0 amide bonds. The van der Waals surface area contributed by atoms with Crippen molar-refractivity contribution in [1.82, 2.24) is 0 Å². The predicted molar refractivity (Wildman–Crippen MR) is 65.5 cm³/mol. The summed E-state index contributed by atoms with van der Waals surface area (Å²) in [6.07, 6.45) is 0. The average molecular weight is 249 g/mol. The summed E-state index contributed by atoms with van der Waals surface area (Å²) < 4.78 is 31.6. The molecule has 18 heavy (non-hydrogen) atoms. The van der Waals surface area contributed by atoms with Crippen LogP contribution < -0.4 is 10.5 Å². The van der Waals surface area contributed by atoms with Gasteiger partial charge in [-0.2, -0.15) is 0 Å². The van der Waals surface area contributed by atoms with Gasteiger partial charge in [0.05, 0.1) is 0 Å². The summed E-state index contributed by atoms with van der Waals surface area (Å²) in [6.45, 7) is 2.20. The van der Waals surface area contributed by atoms with Gasteiger partial charge in [0.1, 0.15) is 23.1 Å². The van der Waals surface area contributed by atoms with Crippen molar-refractivity contribution in [3.05, 3.63) is 59.2 Å². The number of hydrogen-bond acceptors (Lipinski definition) is 2. The van der Waals surface area contributed by atoms with Crippen LogP contribution in [0.5, 0.6) is 11.5 Å². The Labute approximate surface area is 104 Å². The first-order valence-corrected chi connectivity index (χ1v) is 5.52. The molecule has 2 aromatic rings. The highest BCUT2D eigenvalue weighted by Gasteiger charge is 2.07. The predicted octanol–water partition coefficient (Wildman–Crippen LogP) is 3.52. The molecule has 0 aliphatic rings. The van der Waals surface area contributed by atoms with Crippen LogP contribution in [0.2, 0.25) is 0 Å². The SMILES string of the molecule is Cc1ccc(CN)c(Oc2cc(F)cc(F)c2)c1. The summed E-state index contributed by atoms with van der Waals surface area (Å²) in [7, 11) is 0. The Hall–Kier alpha value is -1.94. The van der Waals surface area contributed by atoms with E-state index in [4.69, 9.17) is 10.5 Å². The number of ether oxygens (including phenoxy) is 1. The molecule has 0 aliphatic carbocycles. The van der Waals surface area contributed by atoms with E-state index in [-0.39, 0.29) is 5.75 Å². The molecule has 0 spiro atoms. The Balaban J connectivity index is 2.35. The molecule has 0 saturated heterocycles. The molecular formula is C14H13F2NO. The normalized spacial score (nSPS) is 10.4. The molecule has 0 fully saturated rings. The molecule has 0 aliphatic heterocycles. The third kappa shape index (κ3) is 2.84. The van der Waals surface area contributed by atoms with E-state index in [9.17, 15) is 8.78 Å². The van der Waals surface area contributed by atoms with Crippen LogP contribution in [0.1, 0.15) is 11.1 Å². The van der Waals surface area contributed by atoms with Crippen LogP contribution in [0.4, 0.5) is 8.78 Å². The van der Waals surface area contributed by atoms with Crippen LogP contribution in [0, 0.1) is 18.6 Å². The smallest absolute Gasteiger partial charge is 0.133 e. The number of hydrogen-bond donors (Lipinski definition) is 1. The van der Waals surface area contributed by atoms with E-state index >= 15 is 0 Å². The zero-order valence-corrected chi connectivity index (χ0v) is 9.91. The summed E-state index contributed by atoms with van der Waals surface area (Å²) in [5.74, 6) is -0.714. The lowest BCUT2D eigenvalue weighted by Crippen LogP contribution is -2.00. The van der Waals surface area contributed by atoms with Gasteiger partial charge in [0.15, 0.2) is 0 Å². The Morgan fingerprint density at radius 3 is 2.33 bits per heavy atom. The van der Waals surface area contributed by atoms with E-state index in [0.717, 1.165) is 29.3 Å². The minimum Gasteiger partial charge on any atom is -0.457 e. The zero-order valence-electron chi connectivity index (χ0n) is 9.91. The van der Waals surface area contributed by atoms with E-state index in [1.165, 1.54) is 0 Å². The van der Waals surface area contributed by atoms with Gasteiger partial charge >= 0.3 is 0 Å². The average Bonchev–Trinajstić information content (AvgIpc) is 2.27. The second-order valence-electron chi connectivity index (χ2n) is 4.02. The van der Waals surface area contributed by atoms with Gasteiger partial charge < -0.3 is 10.5 Å². The number of aryl methyl sites for hydroxylation is 1. The van der Waals surface area contributed by atoms with Gasteiger partial charge in [-0.3, -0.25) is 0 Å². The van der Waals surface area contributed by atoms with Crippen molar-refractivity contribution in [3.63, 3.8) is 0 Å². The number of halogens is 2. The van der Waals surface area contributed by atoms with Crippen LogP contribution in [0.25, 0.3) is 0 Å². The minimum atomic E-state index is -0.674. The molecule has 0 unspecified atom stereocenters. The van der Waals surface area contributed by atoms with Gasteiger partial charge in [0, 0.05) is 30.3 Å². The molecule has 4 heteroatoms. The maximum absolute atomic E-state index is 13.0. The first kappa shape index (κ1) is 12.5. The Morgan fingerprint density at radius 2 is 1.72 bits per heavy atom. The Bertz CT molecular complexity index is 549. The van der Waals surface area contributed by atoms with Gasteiger partial charge in [-0.25, -0.2) is 8.78 Å². The topological polar surface area (TPSA) is 35.2 Å². The minimum absolute atomic E-state index is 0.118. The van der Waals surface area contributed by atoms with Crippen molar-refractivity contribution in [2.45, 2.75) is 13.5 Å². The lowest BCUT2D eigenvalue weighted by molar-refractivity contribution is 0.463. The summed E-state index contributed by atoms with van der Waals surface area (Å²) in [5, 5.41) is 0. The van der Waals surface area contributed by atoms with E-state index in [2.05, 4.69) is 0 Å². The highest BCUT2D eigenvalue weighted by molar-refractivity contribution is 5.40. The van der Waals surface area contributed by atoms with Crippen LogP contribution in [-0.2, 0) is 6.54 Å². The third-order valence-electron chi connectivity index (χ3n) is 2.51. The number of nitrogens with two attached hydrogens (primary N) is 1. The van der Waals surface area contributed by atoms with E-state index in [0.29, 0.717) is 12.3 Å². The first-order valence-electron chi connectivity index (χ1n) is 5.52. The molecule has 0 aromatic heterocycles. The van der Waals surface area contributed by atoms with Gasteiger partial charge in [-0.05, 0) is 18.6 Å². The molecule has 94 valence electrons. The molecule has 2 nitrogen and oxygen atoms in total. The maximum atomic E-state index is 13.0. The molecule has 2 aromatic carbocycles. The van der Waals surface area contributed by atoms with Crippen molar-refractivity contribution in [2.75, 3.05) is 0 Å². The zero-order chi connectivity index (χ0) is 13.1. The van der Waals surface area contributed by atoms with Crippen molar-refractivity contribution < 1.29 is 13.5 Å². The molecule has 2 N–H and O–H groups in total. The fraction of sp³-hybridized carbons (Fsp3) is 0.143. The summed E-state index contributed by atoms with van der Waals surface area (Å²) in [4.78, 5) is 0.